The average Bonchev–Trinajstić information content (AvgIpc) is 3.74. The summed E-state index contributed by atoms with van der Waals surface area (Å²) >= 11 is 1.93. The molecular weight excluding hydrogens is 627 g/mol. The second-order valence-electron chi connectivity index (χ2n) is 13.3. The van der Waals surface area contributed by atoms with Crippen LogP contribution in [0.25, 0.3) is 75.3 Å². The molecular formula is C46H29N3S. The zero-order chi connectivity index (χ0) is 32.8. The van der Waals surface area contributed by atoms with Gasteiger partial charge in [0.25, 0.3) is 0 Å². The van der Waals surface area contributed by atoms with Crippen LogP contribution in [0, 0.1) is 0 Å². The van der Waals surface area contributed by atoms with Crippen molar-refractivity contribution < 1.29 is 0 Å². The van der Waals surface area contributed by atoms with Gasteiger partial charge < -0.3 is 4.90 Å². The van der Waals surface area contributed by atoms with E-state index in [1.807, 2.05) is 11.3 Å². The van der Waals surface area contributed by atoms with Crippen molar-refractivity contribution in [1.82, 2.24) is 9.97 Å². The fraction of sp³-hybridized carbons (Fsp3) is 0.0435. The highest BCUT2D eigenvalue weighted by Gasteiger charge is 2.41. The number of hydrogen-bond acceptors (Lipinski definition) is 4. The standard InChI is InChI=1S/C46H29N3S/c1-2-13-29-26-30(25-24-28(29)12-1)43-35-18-5-8-21-38(35)47-46(48-43)31-14-11-15-32(27-31)49-39-22-9-6-19-36(39)42-44(49)34-17-4-3-16-33(34)41-37-20-7-10-23-40(37)50-45(41)42/h1-27,36,39H. The summed E-state index contributed by atoms with van der Waals surface area (Å²) in [6, 6.07) is 50.3. The minimum atomic E-state index is 0.162. The fourth-order valence-corrected chi connectivity index (χ4v) is 9.66. The maximum atomic E-state index is 5.30. The van der Waals surface area contributed by atoms with Crippen molar-refractivity contribution in [3.63, 3.8) is 0 Å². The molecule has 3 nitrogen and oxygen atoms in total. The highest BCUT2D eigenvalue weighted by atomic mass is 32.1. The van der Waals surface area contributed by atoms with E-state index in [4.69, 9.17) is 9.97 Å². The van der Waals surface area contributed by atoms with Gasteiger partial charge >= 0.3 is 0 Å². The van der Waals surface area contributed by atoms with Gasteiger partial charge in [-0.15, -0.1) is 11.3 Å². The van der Waals surface area contributed by atoms with Gasteiger partial charge in [-0.25, -0.2) is 9.97 Å². The molecule has 9 aromatic rings. The van der Waals surface area contributed by atoms with E-state index in [9.17, 15) is 0 Å². The second-order valence-corrected chi connectivity index (χ2v) is 14.3. The molecule has 0 saturated heterocycles. The van der Waals surface area contributed by atoms with Crippen molar-refractivity contribution >= 4 is 75.3 Å². The molecule has 4 heteroatoms. The fourth-order valence-electron chi connectivity index (χ4n) is 8.35. The van der Waals surface area contributed by atoms with Crippen LogP contribution in [-0.2, 0) is 0 Å². The Morgan fingerprint density at radius 2 is 1.32 bits per heavy atom. The largest absolute Gasteiger partial charge is 0.333 e. The maximum Gasteiger partial charge on any atom is 0.160 e. The van der Waals surface area contributed by atoms with Gasteiger partial charge in [-0.05, 0) is 46.5 Å². The van der Waals surface area contributed by atoms with E-state index in [2.05, 4.69) is 169 Å². The van der Waals surface area contributed by atoms with Gasteiger partial charge in [0, 0.05) is 59.2 Å². The Balaban J connectivity index is 1.13. The Labute approximate surface area is 293 Å². The smallest absolute Gasteiger partial charge is 0.160 e. The molecule has 234 valence electrons. The number of para-hydroxylation sites is 1. The third kappa shape index (κ3) is 4.03. The Hall–Kier alpha value is -6.10. The van der Waals surface area contributed by atoms with Gasteiger partial charge in [-0.3, -0.25) is 0 Å². The molecule has 1 aliphatic carbocycles. The summed E-state index contributed by atoms with van der Waals surface area (Å²) in [5.41, 5.74) is 7.86. The number of anilines is 2. The topological polar surface area (TPSA) is 29.0 Å². The van der Waals surface area contributed by atoms with Crippen LogP contribution in [0.4, 0.5) is 11.4 Å². The third-order valence-corrected chi connectivity index (χ3v) is 11.7. The molecule has 1 aliphatic heterocycles. The van der Waals surface area contributed by atoms with Crippen LogP contribution in [-0.4, -0.2) is 16.0 Å². The molecule has 7 aromatic carbocycles. The van der Waals surface area contributed by atoms with E-state index < -0.39 is 0 Å². The average molecular weight is 656 g/mol. The quantitative estimate of drug-likeness (QED) is 0.190. The third-order valence-electron chi connectivity index (χ3n) is 10.5. The summed E-state index contributed by atoms with van der Waals surface area (Å²) in [5, 5.41) is 8.80. The maximum absolute atomic E-state index is 5.30. The van der Waals surface area contributed by atoms with Crippen molar-refractivity contribution in [2.45, 2.75) is 12.0 Å². The van der Waals surface area contributed by atoms with E-state index in [0.29, 0.717) is 0 Å². The lowest BCUT2D eigenvalue weighted by molar-refractivity contribution is 0.748. The summed E-state index contributed by atoms with van der Waals surface area (Å²) in [5.74, 6) is 0.976. The molecule has 0 fully saturated rings. The zero-order valence-corrected chi connectivity index (χ0v) is 27.8. The van der Waals surface area contributed by atoms with Crippen LogP contribution in [0.1, 0.15) is 11.5 Å². The highest BCUT2D eigenvalue weighted by Crippen LogP contribution is 2.56. The Bertz CT molecular complexity index is 2920. The molecule has 50 heavy (non-hydrogen) atoms. The number of nitrogens with zero attached hydrogens (tertiary/aromatic N) is 3. The Morgan fingerprint density at radius 3 is 2.24 bits per heavy atom. The molecule has 0 bridgehead atoms. The minimum Gasteiger partial charge on any atom is -0.333 e. The molecule has 3 heterocycles. The molecule has 11 rings (SSSR count). The van der Waals surface area contributed by atoms with Crippen LogP contribution < -0.4 is 4.90 Å². The van der Waals surface area contributed by atoms with Gasteiger partial charge in [0.15, 0.2) is 5.82 Å². The molecule has 0 saturated carbocycles. The lowest BCUT2D eigenvalue weighted by atomic mass is 9.89. The number of hydrogen-bond donors (Lipinski definition) is 0. The zero-order valence-electron chi connectivity index (χ0n) is 27.0. The first-order chi connectivity index (χ1) is 24.8. The van der Waals surface area contributed by atoms with Gasteiger partial charge in [-0.1, -0.05) is 133 Å². The first-order valence-electron chi connectivity index (χ1n) is 17.2. The van der Waals surface area contributed by atoms with E-state index in [0.717, 1.165) is 39.2 Å². The number of allylic oxidation sites excluding steroid dienone is 2. The Morgan fingerprint density at radius 1 is 0.560 bits per heavy atom. The van der Waals surface area contributed by atoms with Gasteiger partial charge in [0.05, 0.1) is 22.9 Å². The molecule has 0 spiro atoms. The van der Waals surface area contributed by atoms with E-state index in [1.54, 1.807) is 0 Å². The molecule has 2 aromatic heterocycles. The monoisotopic (exact) mass is 655 g/mol. The van der Waals surface area contributed by atoms with Crippen molar-refractivity contribution in [1.29, 1.82) is 0 Å². The van der Waals surface area contributed by atoms with Crippen molar-refractivity contribution in [2.24, 2.45) is 0 Å². The second kappa shape index (κ2) is 10.7. The number of fused-ring (bicyclic) bond motifs is 12. The summed E-state index contributed by atoms with van der Waals surface area (Å²) in [4.78, 5) is 13.0. The lowest BCUT2D eigenvalue weighted by Crippen LogP contribution is -2.28. The predicted molar refractivity (Wildman–Crippen MR) is 212 cm³/mol. The molecule has 2 unspecified atom stereocenters. The van der Waals surface area contributed by atoms with Crippen LogP contribution in [0.15, 0.2) is 164 Å². The predicted octanol–water partition coefficient (Wildman–Crippen LogP) is 12.4. The summed E-state index contributed by atoms with van der Waals surface area (Å²) in [6.07, 6.45) is 9.19. The minimum absolute atomic E-state index is 0.162. The molecule has 0 N–H and O–H groups in total. The normalized spacial score (nSPS) is 16.6. The van der Waals surface area contributed by atoms with E-state index >= 15 is 0 Å². The summed E-state index contributed by atoms with van der Waals surface area (Å²) in [6.45, 7) is 0. The van der Waals surface area contributed by atoms with E-state index in [-0.39, 0.29) is 12.0 Å². The first-order valence-corrected chi connectivity index (χ1v) is 18.0. The number of benzene rings is 7. The summed E-state index contributed by atoms with van der Waals surface area (Å²) in [7, 11) is 0. The highest BCUT2D eigenvalue weighted by molar-refractivity contribution is 7.26. The molecule has 0 radical (unpaired) electrons. The number of aromatic nitrogens is 2. The number of rotatable bonds is 3. The molecule has 0 amide bonds. The summed E-state index contributed by atoms with van der Waals surface area (Å²) < 4.78 is 2.73. The van der Waals surface area contributed by atoms with Gasteiger partial charge in [0.2, 0.25) is 0 Å². The van der Waals surface area contributed by atoms with Crippen LogP contribution in [0.3, 0.4) is 0 Å². The lowest BCUT2D eigenvalue weighted by Gasteiger charge is -2.29. The molecule has 2 aliphatic rings. The van der Waals surface area contributed by atoms with Crippen LogP contribution >= 0.6 is 11.3 Å². The van der Waals surface area contributed by atoms with Gasteiger partial charge in [-0.2, -0.15) is 0 Å². The van der Waals surface area contributed by atoms with Crippen LogP contribution in [0.5, 0.6) is 0 Å². The number of thiophene rings is 1. The van der Waals surface area contributed by atoms with Crippen molar-refractivity contribution in [3.8, 4) is 22.6 Å². The first kappa shape index (κ1) is 27.8. The van der Waals surface area contributed by atoms with Crippen molar-refractivity contribution in [2.75, 3.05) is 4.90 Å². The Kier molecular flexibility index (Phi) is 5.95. The van der Waals surface area contributed by atoms with E-state index in [1.165, 1.54) is 53.0 Å². The molecule has 2 atom stereocenters. The van der Waals surface area contributed by atoms with Crippen LogP contribution in [0.2, 0.25) is 0 Å². The van der Waals surface area contributed by atoms with Crippen molar-refractivity contribution in [3.05, 3.63) is 169 Å². The SMILES string of the molecule is C1=CC2c3c(c4ccccc4c4c3sc3ccccc34)N(c3cccc(-c4nc(-c5ccc6ccccc6c5)c5ccccc5n4)c3)C2C=C1. The van der Waals surface area contributed by atoms with Gasteiger partial charge in [0.1, 0.15) is 0 Å².